The van der Waals surface area contributed by atoms with E-state index in [0.717, 1.165) is 0 Å². The van der Waals surface area contributed by atoms with E-state index < -0.39 is 31.3 Å². The molecule has 0 radical (unpaired) electrons. The first-order chi connectivity index (χ1) is 8.29. The lowest BCUT2D eigenvalue weighted by atomic mass is 10.2. The molecule has 0 saturated heterocycles. The van der Waals surface area contributed by atoms with Crippen LogP contribution in [0.4, 0.5) is 18.0 Å². The smallest absolute Gasteiger partial charge is 0.406 e. The Hall–Kier alpha value is -1.73. The Morgan fingerprint density at radius 2 is 2.00 bits per heavy atom. The van der Waals surface area contributed by atoms with Crippen molar-refractivity contribution in [2.45, 2.75) is 12.6 Å². The van der Waals surface area contributed by atoms with E-state index in [1.807, 2.05) is 6.08 Å². The molecule has 1 rings (SSSR count). The first-order valence-electron chi connectivity index (χ1n) is 5.27. The van der Waals surface area contributed by atoms with Gasteiger partial charge in [-0.05, 0) is 6.42 Å². The van der Waals surface area contributed by atoms with E-state index in [1.165, 1.54) is 4.90 Å². The molecule has 0 aliphatic carbocycles. The SMILES string of the molecule is O=C(O)CN(CC(F)(F)F)C(=O)N1CC=CCC1. The number of hydrogen-bond donors (Lipinski definition) is 1. The van der Waals surface area contributed by atoms with E-state index >= 15 is 0 Å². The van der Waals surface area contributed by atoms with Crippen LogP contribution in [0.15, 0.2) is 12.2 Å². The molecule has 0 unspecified atom stereocenters. The average Bonchev–Trinajstić information content (AvgIpc) is 2.26. The lowest BCUT2D eigenvalue weighted by Gasteiger charge is -2.30. The number of carbonyl (C=O) groups is 2. The number of hydrogen-bond acceptors (Lipinski definition) is 2. The number of carboxylic acids is 1. The molecule has 0 aromatic rings. The highest BCUT2D eigenvalue weighted by Gasteiger charge is 2.35. The highest BCUT2D eigenvalue weighted by Crippen LogP contribution is 2.18. The predicted molar refractivity (Wildman–Crippen MR) is 56.0 cm³/mol. The molecular formula is C10H13F3N2O3. The Labute approximate surface area is 101 Å². The van der Waals surface area contributed by atoms with Gasteiger partial charge in [0.25, 0.3) is 0 Å². The Morgan fingerprint density at radius 1 is 1.33 bits per heavy atom. The summed E-state index contributed by atoms with van der Waals surface area (Å²) in [6.07, 6.45) is -0.585. The summed E-state index contributed by atoms with van der Waals surface area (Å²) in [5, 5.41) is 8.53. The van der Waals surface area contributed by atoms with E-state index in [0.29, 0.717) is 17.9 Å². The van der Waals surface area contributed by atoms with Gasteiger partial charge in [-0.1, -0.05) is 12.2 Å². The van der Waals surface area contributed by atoms with Crippen LogP contribution in [0.5, 0.6) is 0 Å². The van der Waals surface area contributed by atoms with Gasteiger partial charge in [-0.2, -0.15) is 13.2 Å². The van der Waals surface area contributed by atoms with Gasteiger partial charge < -0.3 is 14.9 Å². The minimum absolute atomic E-state index is 0.201. The molecule has 0 bridgehead atoms. The maximum atomic E-state index is 12.3. The Morgan fingerprint density at radius 3 is 2.44 bits per heavy atom. The summed E-state index contributed by atoms with van der Waals surface area (Å²) < 4.78 is 36.8. The minimum atomic E-state index is -4.61. The first-order valence-corrected chi connectivity index (χ1v) is 5.27. The van der Waals surface area contributed by atoms with Crippen molar-refractivity contribution >= 4 is 12.0 Å². The van der Waals surface area contributed by atoms with Crippen molar-refractivity contribution in [2.24, 2.45) is 0 Å². The second-order valence-electron chi connectivity index (χ2n) is 3.85. The summed E-state index contributed by atoms with van der Waals surface area (Å²) in [5.41, 5.74) is 0. The number of carbonyl (C=O) groups excluding carboxylic acids is 1. The van der Waals surface area contributed by atoms with Gasteiger partial charge in [-0.25, -0.2) is 4.79 Å². The fraction of sp³-hybridized carbons (Fsp3) is 0.600. The van der Waals surface area contributed by atoms with Crippen LogP contribution in [-0.2, 0) is 4.79 Å². The third-order valence-corrected chi connectivity index (χ3v) is 2.30. The van der Waals surface area contributed by atoms with E-state index in [2.05, 4.69) is 0 Å². The zero-order chi connectivity index (χ0) is 13.8. The monoisotopic (exact) mass is 266 g/mol. The number of urea groups is 1. The van der Waals surface area contributed by atoms with E-state index in [-0.39, 0.29) is 6.54 Å². The van der Waals surface area contributed by atoms with Crippen LogP contribution in [0.25, 0.3) is 0 Å². The maximum Gasteiger partial charge on any atom is 0.406 e. The van der Waals surface area contributed by atoms with Crippen molar-refractivity contribution < 1.29 is 27.9 Å². The van der Waals surface area contributed by atoms with Crippen molar-refractivity contribution in [3.8, 4) is 0 Å². The molecule has 18 heavy (non-hydrogen) atoms. The molecule has 5 nitrogen and oxygen atoms in total. The zero-order valence-electron chi connectivity index (χ0n) is 9.48. The van der Waals surface area contributed by atoms with Crippen LogP contribution in [0.1, 0.15) is 6.42 Å². The fourth-order valence-corrected chi connectivity index (χ4v) is 1.59. The van der Waals surface area contributed by atoms with Gasteiger partial charge in [0, 0.05) is 13.1 Å². The van der Waals surface area contributed by atoms with Crippen LogP contribution < -0.4 is 0 Å². The van der Waals surface area contributed by atoms with E-state index in [9.17, 15) is 22.8 Å². The number of alkyl halides is 3. The number of aliphatic carboxylic acids is 1. The molecule has 8 heteroatoms. The maximum absolute atomic E-state index is 12.3. The quantitative estimate of drug-likeness (QED) is 0.784. The molecule has 0 aromatic heterocycles. The normalized spacial score (nSPS) is 15.6. The molecule has 0 atom stereocenters. The standard InChI is InChI=1S/C10H13F3N2O3/c11-10(12,13)7-15(6-8(16)17)9(18)14-4-2-1-3-5-14/h1-2H,3-7H2,(H,16,17). The largest absolute Gasteiger partial charge is 0.480 e. The van der Waals surface area contributed by atoms with E-state index in [4.69, 9.17) is 5.11 Å². The number of carboxylic acid groups (broad SMARTS) is 1. The van der Waals surface area contributed by atoms with Crippen LogP contribution >= 0.6 is 0 Å². The van der Waals surface area contributed by atoms with Gasteiger partial charge >= 0.3 is 18.2 Å². The molecule has 0 spiro atoms. The second-order valence-corrected chi connectivity index (χ2v) is 3.85. The topological polar surface area (TPSA) is 60.9 Å². The summed E-state index contributed by atoms with van der Waals surface area (Å²) >= 11 is 0. The third kappa shape index (κ3) is 4.64. The third-order valence-electron chi connectivity index (χ3n) is 2.30. The minimum Gasteiger partial charge on any atom is -0.480 e. The van der Waals surface area contributed by atoms with Crippen molar-refractivity contribution in [2.75, 3.05) is 26.2 Å². The second kappa shape index (κ2) is 5.74. The van der Waals surface area contributed by atoms with Crippen LogP contribution in [0.2, 0.25) is 0 Å². The van der Waals surface area contributed by atoms with Gasteiger partial charge in [0.15, 0.2) is 0 Å². The summed E-state index contributed by atoms with van der Waals surface area (Å²) in [4.78, 5) is 23.7. The Balaban J connectivity index is 2.71. The van der Waals surface area contributed by atoms with Crippen molar-refractivity contribution in [1.82, 2.24) is 9.80 Å². The average molecular weight is 266 g/mol. The van der Waals surface area contributed by atoms with Gasteiger partial charge in [-0.3, -0.25) is 4.79 Å². The van der Waals surface area contributed by atoms with Crippen LogP contribution in [-0.4, -0.2) is 59.3 Å². The van der Waals surface area contributed by atoms with Crippen LogP contribution in [0, 0.1) is 0 Å². The number of halogens is 3. The summed E-state index contributed by atoms with van der Waals surface area (Å²) in [6.45, 7) is -2.02. The molecule has 1 aliphatic rings. The highest BCUT2D eigenvalue weighted by molar-refractivity contribution is 5.80. The van der Waals surface area contributed by atoms with Gasteiger partial charge in [0.2, 0.25) is 0 Å². The zero-order valence-corrected chi connectivity index (χ0v) is 9.48. The molecule has 0 saturated carbocycles. The fourth-order valence-electron chi connectivity index (χ4n) is 1.59. The lowest BCUT2D eigenvalue weighted by molar-refractivity contribution is -0.149. The van der Waals surface area contributed by atoms with Crippen LogP contribution in [0.3, 0.4) is 0 Å². The number of nitrogens with zero attached hydrogens (tertiary/aromatic N) is 2. The van der Waals surface area contributed by atoms with Crippen molar-refractivity contribution in [3.05, 3.63) is 12.2 Å². The molecule has 102 valence electrons. The van der Waals surface area contributed by atoms with Gasteiger partial charge in [0.05, 0.1) is 0 Å². The Kier molecular flexibility index (Phi) is 4.57. The predicted octanol–water partition coefficient (Wildman–Crippen LogP) is 1.32. The first kappa shape index (κ1) is 14.3. The highest BCUT2D eigenvalue weighted by atomic mass is 19.4. The summed E-state index contributed by atoms with van der Waals surface area (Å²) in [5.74, 6) is -1.47. The summed E-state index contributed by atoms with van der Waals surface area (Å²) in [7, 11) is 0. The molecule has 2 amide bonds. The lowest BCUT2D eigenvalue weighted by Crippen LogP contribution is -2.49. The Bertz CT molecular complexity index is 355. The van der Waals surface area contributed by atoms with Crippen molar-refractivity contribution in [1.29, 1.82) is 0 Å². The van der Waals surface area contributed by atoms with E-state index in [1.54, 1.807) is 6.08 Å². The van der Waals surface area contributed by atoms with Gasteiger partial charge in [0.1, 0.15) is 13.1 Å². The molecule has 1 aliphatic heterocycles. The molecule has 1 heterocycles. The number of amides is 2. The number of rotatable bonds is 3. The molecular weight excluding hydrogens is 253 g/mol. The van der Waals surface area contributed by atoms with Gasteiger partial charge in [-0.15, -0.1) is 0 Å². The molecule has 0 aromatic carbocycles. The molecule has 0 fully saturated rings. The molecule has 1 N–H and O–H groups in total. The van der Waals surface area contributed by atoms with Crippen molar-refractivity contribution in [3.63, 3.8) is 0 Å². The summed E-state index contributed by atoms with van der Waals surface area (Å²) in [6, 6.07) is -0.904.